The number of nitrogens with two attached hydrogens (primary N) is 1. The molecule has 2 N–H and O–H groups in total. The number of unbranched alkanes of at least 4 members (excludes halogenated alkanes) is 3. The molecule has 0 heterocycles. The summed E-state index contributed by atoms with van der Waals surface area (Å²) in [5, 5.41) is 0.834. The normalized spacial score (nSPS) is 10.6. The van der Waals surface area contributed by atoms with Crippen LogP contribution in [-0.4, -0.2) is 13.2 Å². The first-order valence-electron chi connectivity index (χ1n) is 6.24. The maximum atomic E-state index is 6.10. The predicted molar refractivity (Wildman–Crippen MR) is 73.9 cm³/mol. The fourth-order valence-electron chi connectivity index (χ4n) is 1.78. The zero-order chi connectivity index (χ0) is 12.7. The van der Waals surface area contributed by atoms with Gasteiger partial charge in [0.1, 0.15) is 5.75 Å². The van der Waals surface area contributed by atoms with Gasteiger partial charge in [-0.25, -0.2) is 0 Å². The van der Waals surface area contributed by atoms with E-state index in [2.05, 4.69) is 0 Å². The van der Waals surface area contributed by atoms with Crippen LogP contribution in [0, 0.1) is 13.8 Å². The molecule has 0 unspecified atom stereocenters. The van der Waals surface area contributed by atoms with Gasteiger partial charge in [-0.2, -0.15) is 0 Å². The van der Waals surface area contributed by atoms with Crippen LogP contribution in [-0.2, 0) is 0 Å². The second-order valence-corrected chi connectivity index (χ2v) is 4.80. The summed E-state index contributed by atoms with van der Waals surface area (Å²) in [7, 11) is 0. The Morgan fingerprint density at radius 1 is 1.06 bits per heavy atom. The van der Waals surface area contributed by atoms with Crippen LogP contribution >= 0.6 is 11.6 Å². The quantitative estimate of drug-likeness (QED) is 0.751. The highest BCUT2D eigenvalue weighted by Crippen LogP contribution is 2.25. The Hall–Kier alpha value is -0.730. The van der Waals surface area contributed by atoms with Gasteiger partial charge >= 0.3 is 0 Å². The summed E-state index contributed by atoms with van der Waals surface area (Å²) in [6.07, 6.45) is 4.57. The van der Waals surface area contributed by atoms with E-state index in [-0.39, 0.29) is 0 Å². The van der Waals surface area contributed by atoms with Gasteiger partial charge in [0.05, 0.1) is 6.61 Å². The van der Waals surface area contributed by atoms with Crippen LogP contribution in [0.2, 0.25) is 5.02 Å². The van der Waals surface area contributed by atoms with E-state index in [0.29, 0.717) is 0 Å². The van der Waals surface area contributed by atoms with Gasteiger partial charge in [-0.1, -0.05) is 24.4 Å². The maximum Gasteiger partial charge on any atom is 0.119 e. The monoisotopic (exact) mass is 255 g/mol. The van der Waals surface area contributed by atoms with Crippen molar-refractivity contribution in [1.29, 1.82) is 0 Å². The first-order valence-corrected chi connectivity index (χ1v) is 6.62. The highest BCUT2D eigenvalue weighted by atomic mass is 35.5. The van der Waals surface area contributed by atoms with Crippen LogP contribution in [0.4, 0.5) is 0 Å². The van der Waals surface area contributed by atoms with E-state index in [1.165, 1.54) is 12.8 Å². The van der Waals surface area contributed by atoms with Gasteiger partial charge in [-0.3, -0.25) is 0 Å². The first-order chi connectivity index (χ1) is 8.15. The zero-order valence-corrected chi connectivity index (χ0v) is 11.5. The Balaban J connectivity index is 2.32. The van der Waals surface area contributed by atoms with Crippen molar-refractivity contribution < 1.29 is 4.74 Å². The zero-order valence-electron chi connectivity index (χ0n) is 10.8. The largest absolute Gasteiger partial charge is 0.494 e. The number of rotatable bonds is 7. The second kappa shape index (κ2) is 7.57. The molecule has 0 amide bonds. The van der Waals surface area contributed by atoms with Crippen molar-refractivity contribution in [2.75, 3.05) is 13.2 Å². The summed E-state index contributed by atoms with van der Waals surface area (Å²) in [6, 6.07) is 3.99. The Labute approximate surface area is 109 Å². The molecule has 0 radical (unpaired) electrons. The van der Waals surface area contributed by atoms with E-state index in [1.807, 2.05) is 26.0 Å². The summed E-state index contributed by atoms with van der Waals surface area (Å²) < 4.78 is 5.71. The summed E-state index contributed by atoms with van der Waals surface area (Å²) >= 11 is 6.10. The third kappa shape index (κ3) is 4.97. The molecular formula is C14H22ClNO. The van der Waals surface area contributed by atoms with Gasteiger partial charge in [0.15, 0.2) is 0 Å². The number of hydrogen-bond donors (Lipinski definition) is 1. The van der Waals surface area contributed by atoms with Crippen molar-refractivity contribution >= 4 is 11.6 Å². The number of halogens is 1. The lowest BCUT2D eigenvalue weighted by atomic mass is 10.1. The first kappa shape index (κ1) is 14.3. The molecule has 0 aliphatic rings. The van der Waals surface area contributed by atoms with Crippen LogP contribution < -0.4 is 10.5 Å². The van der Waals surface area contributed by atoms with Crippen molar-refractivity contribution in [2.45, 2.75) is 39.5 Å². The molecule has 0 aliphatic heterocycles. The van der Waals surface area contributed by atoms with E-state index in [4.69, 9.17) is 22.1 Å². The fourth-order valence-corrected chi connectivity index (χ4v) is 1.89. The molecule has 1 aromatic rings. The molecule has 0 spiro atoms. The molecule has 0 atom stereocenters. The summed E-state index contributed by atoms with van der Waals surface area (Å²) in [5.41, 5.74) is 7.59. The van der Waals surface area contributed by atoms with Crippen molar-refractivity contribution in [1.82, 2.24) is 0 Å². The summed E-state index contributed by atoms with van der Waals surface area (Å²) in [4.78, 5) is 0. The van der Waals surface area contributed by atoms with E-state index < -0.39 is 0 Å². The molecule has 17 heavy (non-hydrogen) atoms. The van der Waals surface area contributed by atoms with E-state index >= 15 is 0 Å². The molecule has 0 fully saturated rings. The number of hydrogen-bond acceptors (Lipinski definition) is 2. The van der Waals surface area contributed by atoms with Crippen LogP contribution in [0.1, 0.15) is 36.8 Å². The van der Waals surface area contributed by atoms with E-state index in [0.717, 1.165) is 47.9 Å². The minimum Gasteiger partial charge on any atom is -0.494 e. The van der Waals surface area contributed by atoms with Crippen molar-refractivity contribution in [2.24, 2.45) is 5.73 Å². The Bertz CT molecular complexity index is 329. The van der Waals surface area contributed by atoms with Crippen molar-refractivity contribution in [3.8, 4) is 5.75 Å². The van der Waals surface area contributed by atoms with Crippen LogP contribution in [0.15, 0.2) is 12.1 Å². The standard InChI is InChI=1S/C14H22ClNO/c1-11-9-13(10-12(2)14(11)15)17-8-6-4-3-5-7-16/h9-10H,3-8,16H2,1-2H3. The smallest absolute Gasteiger partial charge is 0.119 e. The van der Waals surface area contributed by atoms with Gasteiger partial charge in [0, 0.05) is 5.02 Å². The Morgan fingerprint density at radius 3 is 2.24 bits per heavy atom. The van der Waals surface area contributed by atoms with Crippen LogP contribution in [0.5, 0.6) is 5.75 Å². The van der Waals surface area contributed by atoms with Gasteiger partial charge in [-0.05, 0) is 56.5 Å². The molecule has 1 rings (SSSR count). The second-order valence-electron chi connectivity index (χ2n) is 4.42. The predicted octanol–water partition coefficient (Wildman–Crippen LogP) is 3.85. The van der Waals surface area contributed by atoms with Gasteiger partial charge < -0.3 is 10.5 Å². The molecule has 1 aromatic carbocycles. The van der Waals surface area contributed by atoms with E-state index in [9.17, 15) is 0 Å². The number of aryl methyl sites for hydroxylation is 2. The average molecular weight is 256 g/mol. The molecule has 96 valence electrons. The Morgan fingerprint density at radius 2 is 1.65 bits per heavy atom. The Kier molecular flexibility index (Phi) is 6.38. The van der Waals surface area contributed by atoms with Gasteiger partial charge in [0.2, 0.25) is 0 Å². The van der Waals surface area contributed by atoms with E-state index in [1.54, 1.807) is 0 Å². The van der Waals surface area contributed by atoms with Crippen LogP contribution in [0.25, 0.3) is 0 Å². The SMILES string of the molecule is Cc1cc(OCCCCCCN)cc(C)c1Cl. The fraction of sp³-hybridized carbons (Fsp3) is 0.571. The number of benzene rings is 1. The minimum absolute atomic E-state index is 0.769. The molecule has 0 aliphatic carbocycles. The molecule has 0 bridgehead atoms. The number of ether oxygens (including phenoxy) is 1. The highest BCUT2D eigenvalue weighted by molar-refractivity contribution is 6.32. The summed E-state index contributed by atoms with van der Waals surface area (Å²) in [5.74, 6) is 0.920. The average Bonchev–Trinajstić information content (AvgIpc) is 2.30. The lowest BCUT2D eigenvalue weighted by Crippen LogP contribution is -2.00. The maximum absolute atomic E-state index is 6.10. The lowest BCUT2D eigenvalue weighted by Gasteiger charge is -2.09. The lowest BCUT2D eigenvalue weighted by molar-refractivity contribution is 0.304. The highest BCUT2D eigenvalue weighted by Gasteiger charge is 2.03. The topological polar surface area (TPSA) is 35.2 Å². The molecule has 2 nitrogen and oxygen atoms in total. The third-order valence-corrected chi connectivity index (χ3v) is 3.37. The van der Waals surface area contributed by atoms with Crippen molar-refractivity contribution in [3.63, 3.8) is 0 Å². The van der Waals surface area contributed by atoms with Crippen molar-refractivity contribution in [3.05, 3.63) is 28.3 Å². The molecule has 0 aromatic heterocycles. The van der Waals surface area contributed by atoms with Crippen LogP contribution in [0.3, 0.4) is 0 Å². The molecule has 0 saturated carbocycles. The summed E-state index contributed by atoms with van der Waals surface area (Å²) in [6.45, 7) is 5.56. The molecule has 0 saturated heterocycles. The minimum atomic E-state index is 0.769. The van der Waals surface area contributed by atoms with Gasteiger partial charge in [0.25, 0.3) is 0 Å². The molecule has 3 heteroatoms. The third-order valence-electron chi connectivity index (χ3n) is 2.78. The molecular weight excluding hydrogens is 234 g/mol. The van der Waals surface area contributed by atoms with Gasteiger partial charge in [-0.15, -0.1) is 0 Å².